The molecule has 2 aromatic carbocycles. The standard InChI is InChI=1S/C20H26N2O3S/c1-6-15(4)21-20(23)17-11-10-14(3)19(12-17)26(24,25)22-18-9-7-8-13(2)16(18)5/h7-12,15,22H,6H2,1-5H3,(H,21,23)/t15-/m0/s1. The second kappa shape index (κ2) is 7.91. The Labute approximate surface area is 155 Å². The van der Waals surface area contributed by atoms with Crippen LogP contribution in [0.25, 0.3) is 0 Å². The summed E-state index contributed by atoms with van der Waals surface area (Å²) in [5.74, 6) is -0.275. The fraction of sp³-hybridized carbons (Fsp3) is 0.350. The lowest BCUT2D eigenvalue weighted by Crippen LogP contribution is -2.32. The minimum Gasteiger partial charge on any atom is -0.350 e. The van der Waals surface area contributed by atoms with Crippen molar-refractivity contribution >= 4 is 21.6 Å². The molecule has 0 aliphatic rings. The Balaban J connectivity index is 2.38. The van der Waals surface area contributed by atoms with Crippen LogP contribution in [0.15, 0.2) is 41.3 Å². The van der Waals surface area contributed by atoms with Crippen LogP contribution in [0.1, 0.15) is 47.3 Å². The third-order valence-corrected chi connectivity index (χ3v) is 6.09. The van der Waals surface area contributed by atoms with Crippen LogP contribution in [0, 0.1) is 20.8 Å². The van der Waals surface area contributed by atoms with Crippen molar-refractivity contribution in [3.05, 3.63) is 58.7 Å². The largest absolute Gasteiger partial charge is 0.350 e. The van der Waals surface area contributed by atoms with Gasteiger partial charge >= 0.3 is 0 Å². The minimum absolute atomic E-state index is 0.0249. The van der Waals surface area contributed by atoms with Crippen molar-refractivity contribution in [2.24, 2.45) is 0 Å². The molecular formula is C20H26N2O3S. The van der Waals surface area contributed by atoms with E-state index >= 15 is 0 Å². The second-order valence-corrected chi connectivity index (χ2v) is 8.27. The molecule has 0 spiro atoms. The predicted molar refractivity (Wildman–Crippen MR) is 105 cm³/mol. The number of benzene rings is 2. The number of hydrogen-bond donors (Lipinski definition) is 2. The van der Waals surface area contributed by atoms with Crippen LogP contribution in [0.2, 0.25) is 0 Å². The van der Waals surface area contributed by atoms with Crippen LogP contribution >= 0.6 is 0 Å². The Morgan fingerprint density at radius 1 is 1.08 bits per heavy atom. The molecule has 2 aromatic rings. The Morgan fingerprint density at radius 2 is 1.77 bits per heavy atom. The van der Waals surface area contributed by atoms with Gasteiger partial charge in [0.05, 0.1) is 10.6 Å². The fourth-order valence-corrected chi connectivity index (χ4v) is 3.90. The lowest BCUT2D eigenvalue weighted by atomic mass is 10.1. The van der Waals surface area contributed by atoms with Gasteiger partial charge in [0.2, 0.25) is 0 Å². The highest BCUT2D eigenvalue weighted by Crippen LogP contribution is 2.24. The molecule has 140 valence electrons. The van der Waals surface area contributed by atoms with Crippen LogP contribution in [0.5, 0.6) is 0 Å². The van der Waals surface area contributed by atoms with Gasteiger partial charge < -0.3 is 5.32 Å². The summed E-state index contributed by atoms with van der Waals surface area (Å²) in [6, 6.07) is 10.2. The molecule has 0 aromatic heterocycles. The monoisotopic (exact) mass is 374 g/mol. The Bertz CT molecular complexity index is 921. The summed E-state index contributed by atoms with van der Waals surface area (Å²) in [6.07, 6.45) is 0.803. The Morgan fingerprint density at radius 3 is 2.42 bits per heavy atom. The van der Waals surface area contributed by atoms with Gasteiger partial charge in [0.25, 0.3) is 15.9 Å². The van der Waals surface area contributed by atoms with Crippen molar-refractivity contribution in [2.45, 2.75) is 52.0 Å². The summed E-state index contributed by atoms with van der Waals surface area (Å²) < 4.78 is 28.4. The summed E-state index contributed by atoms with van der Waals surface area (Å²) in [5.41, 5.74) is 3.34. The summed E-state index contributed by atoms with van der Waals surface area (Å²) in [6.45, 7) is 9.40. The van der Waals surface area contributed by atoms with Gasteiger partial charge in [0, 0.05) is 11.6 Å². The molecule has 26 heavy (non-hydrogen) atoms. The van der Waals surface area contributed by atoms with Gasteiger partial charge in [-0.3, -0.25) is 9.52 Å². The Kier molecular flexibility index (Phi) is 6.08. The number of carbonyl (C=O) groups is 1. The number of sulfonamides is 1. The van der Waals surface area contributed by atoms with Gasteiger partial charge in [0.15, 0.2) is 0 Å². The van der Waals surface area contributed by atoms with E-state index in [0.29, 0.717) is 16.8 Å². The highest BCUT2D eigenvalue weighted by Gasteiger charge is 2.20. The van der Waals surface area contributed by atoms with Gasteiger partial charge in [-0.05, 0) is 69.0 Å². The van der Waals surface area contributed by atoms with Gasteiger partial charge in [-0.2, -0.15) is 0 Å². The van der Waals surface area contributed by atoms with E-state index in [1.54, 1.807) is 25.1 Å². The first-order chi connectivity index (χ1) is 12.2. The third kappa shape index (κ3) is 4.43. The molecule has 2 N–H and O–H groups in total. The number of rotatable bonds is 6. The first-order valence-corrected chi connectivity index (χ1v) is 10.1. The molecule has 0 heterocycles. The first kappa shape index (κ1) is 20.0. The molecule has 6 heteroatoms. The maximum atomic E-state index is 12.9. The third-order valence-electron chi connectivity index (χ3n) is 4.58. The molecule has 0 saturated heterocycles. The molecule has 0 aliphatic heterocycles. The van der Waals surface area contributed by atoms with E-state index in [1.807, 2.05) is 39.8 Å². The molecule has 1 atom stereocenters. The average molecular weight is 375 g/mol. The zero-order valence-corrected chi connectivity index (χ0v) is 16.7. The van der Waals surface area contributed by atoms with Crippen LogP contribution in [-0.4, -0.2) is 20.4 Å². The van der Waals surface area contributed by atoms with Crippen molar-refractivity contribution in [1.82, 2.24) is 5.32 Å². The van der Waals surface area contributed by atoms with E-state index in [2.05, 4.69) is 10.0 Å². The normalized spacial score (nSPS) is 12.5. The van der Waals surface area contributed by atoms with E-state index in [0.717, 1.165) is 17.5 Å². The SMILES string of the molecule is CC[C@H](C)NC(=O)c1ccc(C)c(S(=O)(=O)Nc2cccc(C)c2C)c1. The van der Waals surface area contributed by atoms with Gasteiger partial charge in [-0.15, -0.1) is 0 Å². The summed E-state index contributed by atoms with van der Waals surface area (Å²) >= 11 is 0. The number of aryl methyl sites for hydroxylation is 2. The molecule has 0 unspecified atom stereocenters. The minimum atomic E-state index is -3.80. The van der Waals surface area contributed by atoms with Gasteiger partial charge in [-0.1, -0.05) is 25.1 Å². The van der Waals surface area contributed by atoms with Crippen LogP contribution in [-0.2, 0) is 10.0 Å². The maximum absolute atomic E-state index is 12.9. The van der Waals surface area contributed by atoms with E-state index in [-0.39, 0.29) is 16.8 Å². The Hall–Kier alpha value is -2.34. The quantitative estimate of drug-likeness (QED) is 0.804. The topological polar surface area (TPSA) is 75.3 Å². The molecule has 2 rings (SSSR count). The molecule has 0 bridgehead atoms. The first-order valence-electron chi connectivity index (χ1n) is 8.66. The van der Waals surface area contributed by atoms with Crippen molar-refractivity contribution < 1.29 is 13.2 Å². The summed E-state index contributed by atoms with van der Waals surface area (Å²) in [4.78, 5) is 12.4. The van der Waals surface area contributed by atoms with E-state index in [9.17, 15) is 13.2 Å². The van der Waals surface area contributed by atoms with Gasteiger partial charge in [0.1, 0.15) is 0 Å². The highest BCUT2D eigenvalue weighted by atomic mass is 32.2. The molecule has 0 radical (unpaired) electrons. The van der Waals surface area contributed by atoms with Gasteiger partial charge in [-0.25, -0.2) is 8.42 Å². The summed E-state index contributed by atoms with van der Waals surface area (Å²) in [7, 11) is -3.80. The molecule has 0 aliphatic carbocycles. The number of anilines is 1. The highest BCUT2D eigenvalue weighted by molar-refractivity contribution is 7.92. The summed E-state index contributed by atoms with van der Waals surface area (Å²) in [5, 5.41) is 2.86. The van der Waals surface area contributed by atoms with E-state index < -0.39 is 10.0 Å². The van der Waals surface area contributed by atoms with E-state index in [1.165, 1.54) is 6.07 Å². The van der Waals surface area contributed by atoms with E-state index in [4.69, 9.17) is 0 Å². The molecule has 0 saturated carbocycles. The predicted octanol–water partition coefficient (Wildman–Crippen LogP) is 3.94. The second-order valence-electron chi connectivity index (χ2n) is 6.62. The maximum Gasteiger partial charge on any atom is 0.262 e. The van der Waals surface area contributed by atoms with Crippen LogP contribution in [0.3, 0.4) is 0 Å². The van der Waals surface area contributed by atoms with Crippen LogP contribution < -0.4 is 10.0 Å². The lowest BCUT2D eigenvalue weighted by molar-refractivity contribution is 0.0939. The molecule has 5 nitrogen and oxygen atoms in total. The zero-order chi connectivity index (χ0) is 19.5. The number of carbonyl (C=O) groups excluding carboxylic acids is 1. The van der Waals surface area contributed by atoms with Crippen molar-refractivity contribution in [3.63, 3.8) is 0 Å². The van der Waals surface area contributed by atoms with Crippen molar-refractivity contribution in [3.8, 4) is 0 Å². The fourth-order valence-electron chi connectivity index (χ4n) is 2.50. The zero-order valence-electron chi connectivity index (χ0n) is 15.9. The van der Waals surface area contributed by atoms with Crippen molar-refractivity contribution in [1.29, 1.82) is 0 Å². The number of hydrogen-bond acceptors (Lipinski definition) is 3. The van der Waals surface area contributed by atoms with Crippen molar-refractivity contribution in [2.75, 3.05) is 4.72 Å². The molecular weight excluding hydrogens is 348 g/mol. The number of amides is 1. The smallest absolute Gasteiger partial charge is 0.262 e. The molecule has 1 amide bonds. The van der Waals surface area contributed by atoms with Crippen LogP contribution in [0.4, 0.5) is 5.69 Å². The molecule has 0 fully saturated rings. The number of nitrogens with one attached hydrogen (secondary N) is 2. The average Bonchev–Trinajstić information content (AvgIpc) is 2.58. The lowest BCUT2D eigenvalue weighted by Gasteiger charge is -2.15.